The SMILES string of the molecule is CCCOc1ccc(Oc2nc3ccccc3n3cnnc23)cc1. The fourth-order valence-corrected chi connectivity index (χ4v) is 2.48. The lowest BCUT2D eigenvalue weighted by Crippen LogP contribution is -1.97. The third kappa shape index (κ3) is 2.62. The molecule has 0 aliphatic carbocycles. The summed E-state index contributed by atoms with van der Waals surface area (Å²) < 4.78 is 13.4. The first kappa shape index (κ1) is 14.4. The van der Waals surface area contributed by atoms with Crippen LogP contribution in [0, 0.1) is 0 Å². The number of aromatic nitrogens is 4. The normalized spacial score (nSPS) is 11.0. The third-order valence-electron chi connectivity index (χ3n) is 3.61. The Labute approximate surface area is 138 Å². The maximum absolute atomic E-state index is 5.93. The van der Waals surface area contributed by atoms with Crippen molar-refractivity contribution >= 4 is 16.7 Å². The van der Waals surface area contributed by atoms with Gasteiger partial charge in [0.2, 0.25) is 5.65 Å². The molecule has 0 spiro atoms. The fourth-order valence-electron chi connectivity index (χ4n) is 2.48. The smallest absolute Gasteiger partial charge is 0.266 e. The van der Waals surface area contributed by atoms with Crippen molar-refractivity contribution in [3.63, 3.8) is 0 Å². The average Bonchev–Trinajstić information content (AvgIpc) is 3.12. The van der Waals surface area contributed by atoms with Gasteiger partial charge in [-0.3, -0.25) is 4.40 Å². The molecular weight excluding hydrogens is 304 g/mol. The second-order valence-electron chi connectivity index (χ2n) is 5.35. The van der Waals surface area contributed by atoms with Crippen molar-refractivity contribution in [2.24, 2.45) is 0 Å². The molecule has 2 aromatic heterocycles. The van der Waals surface area contributed by atoms with E-state index in [0.29, 0.717) is 23.9 Å². The molecule has 0 atom stereocenters. The molecule has 2 heterocycles. The van der Waals surface area contributed by atoms with Crippen LogP contribution in [-0.2, 0) is 0 Å². The van der Waals surface area contributed by atoms with Crippen LogP contribution in [0.1, 0.15) is 13.3 Å². The molecule has 0 N–H and O–H groups in total. The molecule has 6 heteroatoms. The van der Waals surface area contributed by atoms with Gasteiger partial charge in [-0.1, -0.05) is 19.1 Å². The van der Waals surface area contributed by atoms with E-state index < -0.39 is 0 Å². The van der Waals surface area contributed by atoms with E-state index in [1.165, 1.54) is 0 Å². The van der Waals surface area contributed by atoms with Crippen LogP contribution in [0.25, 0.3) is 16.7 Å². The van der Waals surface area contributed by atoms with Crippen molar-refractivity contribution in [1.29, 1.82) is 0 Å². The lowest BCUT2D eigenvalue weighted by atomic mass is 10.3. The van der Waals surface area contributed by atoms with Gasteiger partial charge in [-0.05, 0) is 42.8 Å². The van der Waals surface area contributed by atoms with E-state index >= 15 is 0 Å². The summed E-state index contributed by atoms with van der Waals surface area (Å²) >= 11 is 0. The van der Waals surface area contributed by atoms with Crippen molar-refractivity contribution in [2.75, 3.05) is 6.61 Å². The molecule has 0 aliphatic rings. The summed E-state index contributed by atoms with van der Waals surface area (Å²) in [6.07, 6.45) is 2.64. The molecule has 24 heavy (non-hydrogen) atoms. The number of fused-ring (bicyclic) bond motifs is 3. The Morgan fingerprint density at radius 2 is 1.79 bits per heavy atom. The highest BCUT2D eigenvalue weighted by Crippen LogP contribution is 2.27. The summed E-state index contributed by atoms with van der Waals surface area (Å²) in [5, 5.41) is 8.10. The lowest BCUT2D eigenvalue weighted by Gasteiger charge is -2.09. The largest absolute Gasteiger partial charge is 0.494 e. The molecule has 0 fully saturated rings. The Bertz CT molecular complexity index is 979. The number of rotatable bonds is 5. The molecule has 120 valence electrons. The van der Waals surface area contributed by atoms with E-state index in [2.05, 4.69) is 22.1 Å². The summed E-state index contributed by atoms with van der Waals surface area (Å²) in [6.45, 7) is 2.78. The lowest BCUT2D eigenvalue weighted by molar-refractivity contribution is 0.317. The Balaban J connectivity index is 1.69. The summed E-state index contributed by atoms with van der Waals surface area (Å²) in [5.41, 5.74) is 2.34. The first-order chi connectivity index (χ1) is 11.8. The van der Waals surface area contributed by atoms with Gasteiger partial charge in [-0.25, -0.2) is 4.98 Å². The van der Waals surface area contributed by atoms with Crippen molar-refractivity contribution in [3.05, 3.63) is 54.9 Å². The molecule has 0 radical (unpaired) electrons. The quantitative estimate of drug-likeness (QED) is 0.559. The van der Waals surface area contributed by atoms with Gasteiger partial charge in [0.15, 0.2) is 0 Å². The van der Waals surface area contributed by atoms with E-state index in [9.17, 15) is 0 Å². The van der Waals surface area contributed by atoms with Crippen LogP contribution in [0.2, 0.25) is 0 Å². The highest BCUT2D eigenvalue weighted by molar-refractivity contribution is 5.79. The van der Waals surface area contributed by atoms with Crippen LogP contribution in [0.15, 0.2) is 54.9 Å². The first-order valence-electron chi connectivity index (χ1n) is 7.84. The minimum Gasteiger partial charge on any atom is -0.494 e. The van der Waals surface area contributed by atoms with E-state index in [4.69, 9.17) is 9.47 Å². The van der Waals surface area contributed by atoms with Crippen LogP contribution < -0.4 is 9.47 Å². The van der Waals surface area contributed by atoms with Crippen molar-refractivity contribution in [3.8, 4) is 17.4 Å². The number of nitrogens with zero attached hydrogens (tertiary/aromatic N) is 4. The number of hydrogen-bond acceptors (Lipinski definition) is 5. The van der Waals surface area contributed by atoms with Gasteiger partial charge < -0.3 is 9.47 Å². The van der Waals surface area contributed by atoms with Crippen LogP contribution in [0.3, 0.4) is 0 Å². The Kier molecular flexibility index (Phi) is 3.70. The Morgan fingerprint density at radius 1 is 1.00 bits per heavy atom. The molecule has 0 amide bonds. The first-order valence-corrected chi connectivity index (χ1v) is 7.84. The molecule has 0 aliphatic heterocycles. The molecule has 0 unspecified atom stereocenters. The fraction of sp³-hybridized carbons (Fsp3) is 0.167. The van der Waals surface area contributed by atoms with Crippen LogP contribution >= 0.6 is 0 Å². The molecule has 6 nitrogen and oxygen atoms in total. The summed E-state index contributed by atoms with van der Waals surface area (Å²) in [4.78, 5) is 4.57. The second-order valence-corrected chi connectivity index (χ2v) is 5.35. The molecule has 4 aromatic rings. The van der Waals surface area contributed by atoms with Gasteiger partial charge in [0.05, 0.1) is 17.6 Å². The standard InChI is InChI=1S/C18H16N4O2/c1-2-11-23-13-7-9-14(10-8-13)24-18-17-21-19-12-22(17)16-6-4-3-5-15(16)20-18/h3-10,12H,2,11H2,1H3. The minimum absolute atomic E-state index is 0.424. The maximum atomic E-state index is 5.93. The van der Waals surface area contributed by atoms with Gasteiger partial charge in [-0.15, -0.1) is 10.2 Å². The highest BCUT2D eigenvalue weighted by Gasteiger charge is 2.12. The molecule has 0 saturated carbocycles. The van der Waals surface area contributed by atoms with Crippen LogP contribution in [0.4, 0.5) is 0 Å². The van der Waals surface area contributed by atoms with Gasteiger partial charge in [0, 0.05) is 0 Å². The predicted molar refractivity (Wildman–Crippen MR) is 90.6 cm³/mol. The van der Waals surface area contributed by atoms with E-state index in [1.807, 2.05) is 52.9 Å². The van der Waals surface area contributed by atoms with Gasteiger partial charge >= 0.3 is 0 Å². The molecule has 4 rings (SSSR count). The van der Waals surface area contributed by atoms with Crippen molar-refractivity contribution in [2.45, 2.75) is 13.3 Å². The zero-order valence-corrected chi connectivity index (χ0v) is 13.2. The Morgan fingerprint density at radius 3 is 2.62 bits per heavy atom. The monoisotopic (exact) mass is 320 g/mol. The topological polar surface area (TPSA) is 61.5 Å². The Hall–Kier alpha value is -3.15. The van der Waals surface area contributed by atoms with Gasteiger partial charge in [0.25, 0.3) is 5.88 Å². The maximum Gasteiger partial charge on any atom is 0.266 e. The number of ether oxygens (including phenoxy) is 2. The van der Waals surface area contributed by atoms with E-state index in [1.54, 1.807) is 6.33 Å². The summed E-state index contributed by atoms with van der Waals surface area (Å²) in [7, 11) is 0. The number of para-hydroxylation sites is 2. The zero-order valence-electron chi connectivity index (χ0n) is 13.2. The van der Waals surface area contributed by atoms with E-state index in [-0.39, 0.29) is 0 Å². The zero-order chi connectivity index (χ0) is 16.4. The number of hydrogen-bond donors (Lipinski definition) is 0. The predicted octanol–water partition coefficient (Wildman–Crippen LogP) is 3.86. The minimum atomic E-state index is 0.424. The van der Waals surface area contributed by atoms with Crippen molar-refractivity contribution in [1.82, 2.24) is 19.6 Å². The third-order valence-corrected chi connectivity index (χ3v) is 3.61. The average molecular weight is 320 g/mol. The van der Waals surface area contributed by atoms with Crippen LogP contribution in [0.5, 0.6) is 17.4 Å². The molecular formula is C18H16N4O2. The molecule has 2 aromatic carbocycles. The van der Waals surface area contributed by atoms with Crippen LogP contribution in [-0.4, -0.2) is 26.2 Å². The van der Waals surface area contributed by atoms with Gasteiger partial charge in [0.1, 0.15) is 17.8 Å². The number of benzene rings is 2. The summed E-state index contributed by atoms with van der Waals surface area (Å²) in [5.74, 6) is 1.92. The second kappa shape index (κ2) is 6.16. The summed E-state index contributed by atoms with van der Waals surface area (Å²) in [6, 6.07) is 15.3. The molecule has 0 bridgehead atoms. The van der Waals surface area contributed by atoms with Gasteiger partial charge in [-0.2, -0.15) is 0 Å². The van der Waals surface area contributed by atoms with Crippen molar-refractivity contribution < 1.29 is 9.47 Å². The molecule has 0 saturated heterocycles. The highest BCUT2D eigenvalue weighted by atomic mass is 16.5. The van der Waals surface area contributed by atoms with E-state index in [0.717, 1.165) is 23.2 Å².